The van der Waals surface area contributed by atoms with E-state index in [1.165, 1.54) is 12.3 Å². The molecule has 0 saturated heterocycles. The molecule has 3 aromatic rings. The molecule has 6 nitrogen and oxygen atoms in total. The van der Waals surface area contributed by atoms with Gasteiger partial charge in [0, 0.05) is 17.4 Å². The van der Waals surface area contributed by atoms with Crippen LogP contribution in [-0.4, -0.2) is 25.5 Å². The van der Waals surface area contributed by atoms with Crippen molar-refractivity contribution in [1.29, 1.82) is 0 Å². The van der Waals surface area contributed by atoms with Crippen LogP contribution < -0.4 is 5.32 Å². The zero-order valence-corrected chi connectivity index (χ0v) is 13.0. The zero-order chi connectivity index (χ0) is 17.1. The van der Waals surface area contributed by atoms with Gasteiger partial charge in [0.15, 0.2) is 0 Å². The molecule has 124 valence electrons. The van der Waals surface area contributed by atoms with E-state index >= 15 is 0 Å². The number of halogens is 3. The minimum absolute atomic E-state index is 0.226. The first-order valence-electron chi connectivity index (χ1n) is 6.93. The number of benzene rings is 1. The van der Waals surface area contributed by atoms with Crippen LogP contribution in [0.5, 0.6) is 0 Å². The van der Waals surface area contributed by atoms with Crippen LogP contribution in [0.2, 0.25) is 5.02 Å². The van der Waals surface area contributed by atoms with Crippen LogP contribution in [0.25, 0.3) is 0 Å². The van der Waals surface area contributed by atoms with Gasteiger partial charge in [0.25, 0.3) is 5.91 Å². The summed E-state index contributed by atoms with van der Waals surface area (Å²) in [7, 11) is 0. The zero-order valence-electron chi connectivity index (χ0n) is 12.2. The summed E-state index contributed by atoms with van der Waals surface area (Å²) in [6.45, 7) is -2.39. The van der Waals surface area contributed by atoms with Crippen molar-refractivity contribution in [2.24, 2.45) is 0 Å². The fourth-order valence-electron chi connectivity index (χ4n) is 2.14. The number of amides is 1. The predicted octanol–water partition coefficient (Wildman–Crippen LogP) is 3.43. The van der Waals surface area contributed by atoms with Crippen LogP contribution in [0.4, 0.5) is 14.5 Å². The van der Waals surface area contributed by atoms with Crippen molar-refractivity contribution >= 4 is 23.2 Å². The van der Waals surface area contributed by atoms with Gasteiger partial charge in [-0.2, -0.15) is 23.7 Å². The number of hydrogen-bond donors (Lipinski definition) is 1. The molecule has 2 aromatic heterocycles. The van der Waals surface area contributed by atoms with E-state index < -0.39 is 12.5 Å². The Bertz CT molecular complexity index is 844. The first kappa shape index (κ1) is 16.1. The highest BCUT2D eigenvalue weighted by molar-refractivity contribution is 6.30. The molecule has 24 heavy (non-hydrogen) atoms. The van der Waals surface area contributed by atoms with Crippen LogP contribution in [0, 0.1) is 0 Å². The van der Waals surface area contributed by atoms with E-state index in [0.717, 1.165) is 11.8 Å². The smallest absolute Gasteiger partial charge is 0.318 e. The van der Waals surface area contributed by atoms with Gasteiger partial charge in [-0.05, 0) is 23.8 Å². The number of nitrogens with zero attached hydrogens (tertiary/aromatic N) is 4. The molecular formula is C15H12ClF2N5O. The number of rotatable bonds is 5. The molecule has 0 unspecified atom stereocenters. The van der Waals surface area contributed by atoms with Gasteiger partial charge in [0.1, 0.15) is 5.69 Å². The van der Waals surface area contributed by atoms with E-state index in [9.17, 15) is 13.6 Å². The maximum Gasteiger partial charge on any atom is 0.333 e. The summed E-state index contributed by atoms with van der Waals surface area (Å²) < 4.78 is 27.4. The third-order valence-corrected chi connectivity index (χ3v) is 3.49. The fraction of sp³-hybridized carbons (Fsp3) is 0.133. The molecule has 0 atom stereocenters. The Balaban J connectivity index is 1.68. The second-order valence-corrected chi connectivity index (χ2v) is 5.38. The van der Waals surface area contributed by atoms with Crippen molar-refractivity contribution in [3.05, 3.63) is 65.2 Å². The quantitative estimate of drug-likeness (QED) is 0.766. The van der Waals surface area contributed by atoms with Gasteiger partial charge >= 0.3 is 6.55 Å². The van der Waals surface area contributed by atoms with Gasteiger partial charge in [-0.15, -0.1) is 0 Å². The summed E-state index contributed by atoms with van der Waals surface area (Å²) >= 11 is 5.83. The maximum absolute atomic E-state index is 12.7. The monoisotopic (exact) mass is 351 g/mol. The topological polar surface area (TPSA) is 64.7 Å². The molecule has 0 fully saturated rings. The molecule has 3 rings (SSSR count). The van der Waals surface area contributed by atoms with Crippen LogP contribution in [0.1, 0.15) is 22.6 Å². The van der Waals surface area contributed by atoms with E-state index in [1.807, 2.05) is 12.1 Å². The summed E-state index contributed by atoms with van der Waals surface area (Å²) in [6.07, 6.45) is 4.19. The second kappa shape index (κ2) is 6.79. The van der Waals surface area contributed by atoms with E-state index in [0.29, 0.717) is 21.9 Å². The molecule has 0 bridgehead atoms. The normalized spacial score (nSPS) is 11.0. The lowest BCUT2D eigenvalue weighted by molar-refractivity contribution is 0.0520. The van der Waals surface area contributed by atoms with Gasteiger partial charge < -0.3 is 5.32 Å². The minimum atomic E-state index is -2.88. The lowest BCUT2D eigenvalue weighted by atomic mass is 10.2. The average molecular weight is 352 g/mol. The Hall–Kier alpha value is -2.74. The summed E-state index contributed by atoms with van der Waals surface area (Å²) in [6, 6.07) is 8.50. The van der Waals surface area contributed by atoms with E-state index in [2.05, 4.69) is 15.5 Å². The van der Waals surface area contributed by atoms with Crippen LogP contribution in [-0.2, 0) is 6.54 Å². The molecule has 0 aliphatic rings. The number of anilines is 1. The van der Waals surface area contributed by atoms with Gasteiger partial charge in [-0.25, -0.2) is 0 Å². The first-order valence-corrected chi connectivity index (χ1v) is 7.30. The molecular weight excluding hydrogens is 340 g/mol. The molecule has 0 radical (unpaired) electrons. The standard InChI is InChI=1S/C15H12ClF2N5O/c16-11-3-1-10(2-4-11)8-22-9-12(7-20-22)21-14(24)13-5-6-19-23(13)15(17)18/h1-7,9,15H,8H2,(H,21,24). The first-order chi connectivity index (χ1) is 11.5. The summed E-state index contributed by atoms with van der Waals surface area (Å²) in [5.41, 5.74) is 1.16. The number of hydrogen-bond acceptors (Lipinski definition) is 3. The lowest BCUT2D eigenvalue weighted by Gasteiger charge is -2.05. The number of nitrogens with one attached hydrogen (secondary N) is 1. The highest BCUT2D eigenvalue weighted by Crippen LogP contribution is 2.15. The Labute approximate surface area is 140 Å². The Morgan fingerprint density at radius 3 is 2.67 bits per heavy atom. The van der Waals surface area contributed by atoms with E-state index in [4.69, 9.17) is 11.6 Å². The summed E-state index contributed by atoms with van der Waals surface area (Å²) in [5, 5.41) is 10.7. The highest BCUT2D eigenvalue weighted by atomic mass is 35.5. The fourth-order valence-corrected chi connectivity index (χ4v) is 2.26. The van der Waals surface area contributed by atoms with E-state index in [-0.39, 0.29) is 5.69 Å². The Kier molecular flexibility index (Phi) is 4.57. The molecule has 1 amide bonds. The molecule has 1 N–H and O–H groups in total. The highest BCUT2D eigenvalue weighted by Gasteiger charge is 2.18. The van der Waals surface area contributed by atoms with Crippen LogP contribution in [0.3, 0.4) is 0 Å². The minimum Gasteiger partial charge on any atom is -0.318 e. The van der Waals surface area contributed by atoms with E-state index in [1.54, 1.807) is 23.0 Å². The van der Waals surface area contributed by atoms with Crippen molar-refractivity contribution in [1.82, 2.24) is 19.6 Å². The maximum atomic E-state index is 12.7. The number of alkyl halides is 2. The Morgan fingerprint density at radius 2 is 1.96 bits per heavy atom. The molecule has 0 saturated carbocycles. The Morgan fingerprint density at radius 1 is 1.21 bits per heavy atom. The molecule has 0 spiro atoms. The van der Waals surface area contributed by atoms with Gasteiger partial charge in [-0.1, -0.05) is 23.7 Å². The average Bonchev–Trinajstić information content (AvgIpc) is 3.19. The SMILES string of the molecule is O=C(Nc1cnn(Cc2ccc(Cl)cc2)c1)c1ccnn1C(F)F. The largest absolute Gasteiger partial charge is 0.333 e. The molecule has 2 heterocycles. The van der Waals surface area contributed by atoms with Crippen molar-refractivity contribution in [3.8, 4) is 0 Å². The third-order valence-electron chi connectivity index (χ3n) is 3.24. The molecule has 9 heteroatoms. The summed E-state index contributed by atoms with van der Waals surface area (Å²) in [5.74, 6) is -0.682. The van der Waals surface area contributed by atoms with Crippen molar-refractivity contribution in [3.63, 3.8) is 0 Å². The van der Waals surface area contributed by atoms with Gasteiger partial charge in [0.2, 0.25) is 0 Å². The number of carbonyl (C=O) groups is 1. The van der Waals surface area contributed by atoms with Gasteiger partial charge in [0.05, 0.1) is 18.4 Å². The summed E-state index contributed by atoms with van der Waals surface area (Å²) in [4.78, 5) is 12.0. The predicted molar refractivity (Wildman–Crippen MR) is 84.2 cm³/mol. The lowest BCUT2D eigenvalue weighted by Crippen LogP contribution is -2.18. The third kappa shape index (κ3) is 3.60. The van der Waals surface area contributed by atoms with Crippen LogP contribution in [0.15, 0.2) is 48.9 Å². The second-order valence-electron chi connectivity index (χ2n) is 4.95. The molecule has 0 aliphatic carbocycles. The van der Waals surface area contributed by atoms with Crippen molar-refractivity contribution < 1.29 is 13.6 Å². The van der Waals surface area contributed by atoms with Gasteiger partial charge in [-0.3, -0.25) is 9.48 Å². The number of aromatic nitrogens is 4. The van der Waals surface area contributed by atoms with Crippen LogP contribution >= 0.6 is 11.6 Å². The molecule has 0 aliphatic heterocycles. The number of carbonyl (C=O) groups excluding carboxylic acids is 1. The molecule has 1 aromatic carbocycles. The van der Waals surface area contributed by atoms with Crippen molar-refractivity contribution in [2.75, 3.05) is 5.32 Å². The van der Waals surface area contributed by atoms with Crippen molar-refractivity contribution in [2.45, 2.75) is 13.1 Å².